The highest BCUT2D eigenvalue weighted by atomic mass is 32.2. The molecule has 3 amide bonds. The van der Waals surface area contributed by atoms with Crippen LogP contribution in [-0.4, -0.2) is 49.1 Å². The Labute approximate surface area is 151 Å². The lowest BCUT2D eigenvalue weighted by Gasteiger charge is -2.29. The Hall–Kier alpha value is -2.22. The third-order valence-corrected chi connectivity index (χ3v) is 4.60. The van der Waals surface area contributed by atoms with Crippen LogP contribution in [0.15, 0.2) is 24.3 Å². The molecule has 7 nitrogen and oxygen atoms in total. The van der Waals surface area contributed by atoms with E-state index in [9.17, 15) is 14.4 Å². The van der Waals surface area contributed by atoms with Gasteiger partial charge >= 0.3 is 12.0 Å². The number of nitrogens with two attached hydrogens (primary N) is 1. The molecule has 8 heteroatoms. The van der Waals surface area contributed by atoms with Crippen molar-refractivity contribution >= 4 is 35.4 Å². The molecule has 1 aromatic carbocycles. The van der Waals surface area contributed by atoms with Gasteiger partial charge in [-0.2, -0.15) is 11.8 Å². The number of primary amides is 1. The molecular weight excluding hydrogens is 342 g/mol. The maximum absolute atomic E-state index is 12.5. The number of esters is 1. The van der Waals surface area contributed by atoms with E-state index >= 15 is 0 Å². The summed E-state index contributed by atoms with van der Waals surface area (Å²) in [5.41, 5.74) is 7.07. The van der Waals surface area contributed by atoms with Gasteiger partial charge in [-0.25, -0.2) is 9.59 Å². The van der Waals surface area contributed by atoms with Gasteiger partial charge in [0.05, 0.1) is 0 Å². The van der Waals surface area contributed by atoms with Crippen LogP contribution in [0.3, 0.4) is 0 Å². The number of ether oxygens (including phenoxy) is 1. The molecule has 0 radical (unpaired) electrons. The number of anilines is 1. The number of carbonyl (C=O) groups excluding carboxylic acids is 3. The molecule has 136 valence electrons. The van der Waals surface area contributed by atoms with E-state index in [2.05, 4.69) is 5.32 Å². The van der Waals surface area contributed by atoms with Crippen LogP contribution in [0.4, 0.5) is 10.5 Å². The van der Waals surface area contributed by atoms with Crippen molar-refractivity contribution in [1.82, 2.24) is 5.32 Å². The number of fused-ring (bicyclic) bond motifs is 1. The van der Waals surface area contributed by atoms with Gasteiger partial charge in [-0.1, -0.05) is 18.2 Å². The molecule has 25 heavy (non-hydrogen) atoms. The van der Waals surface area contributed by atoms with Gasteiger partial charge in [0.25, 0.3) is 5.91 Å². The summed E-state index contributed by atoms with van der Waals surface area (Å²) < 4.78 is 5.12. The molecule has 0 saturated carbocycles. The molecule has 1 atom stereocenters. The Balaban J connectivity index is 1.94. The van der Waals surface area contributed by atoms with Crippen LogP contribution in [0.25, 0.3) is 0 Å². The number of thioether (sulfide) groups is 1. The summed E-state index contributed by atoms with van der Waals surface area (Å²) in [5, 5.41) is 2.36. The summed E-state index contributed by atoms with van der Waals surface area (Å²) in [6.07, 6.45) is 4.09. The molecule has 1 aliphatic rings. The Kier molecular flexibility index (Phi) is 7.12. The minimum Gasteiger partial charge on any atom is -0.454 e. The van der Waals surface area contributed by atoms with Crippen molar-refractivity contribution in [2.45, 2.75) is 25.3 Å². The molecule has 0 fully saturated rings. The third-order valence-electron chi connectivity index (χ3n) is 3.96. The van der Waals surface area contributed by atoms with Crippen molar-refractivity contribution in [3.8, 4) is 0 Å². The fourth-order valence-electron chi connectivity index (χ4n) is 2.76. The van der Waals surface area contributed by atoms with Crippen LogP contribution >= 0.6 is 11.8 Å². The first kappa shape index (κ1) is 19.1. The first-order valence-corrected chi connectivity index (χ1v) is 9.52. The lowest BCUT2D eigenvalue weighted by molar-refractivity contribution is -0.149. The SMILES string of the molecule is CSCC[C@H](NC(N)=O)C(=O)OCC(=O)N1CCCc2ccccc21. The summed E-state index contributed by atoms with van der Waals surface area (Å²) in [7, 11) is 0. The standard InChI is InChI=1S/C17H23N3O4S/c1-25-10-8-13(19-17(18)23)16(22)24-11-15(21)20-9-4-6-12-5-2-3-7-14(12)20/h2-3,5,7,13H,4,6,8-11H2,1H3,(H3,18,19,23)/t13-/m0/s1. The van der Waals surface area contributed by atoms with E-state index in [-0.39, 0.29) is 12.5 Å². The van der Waals surface area contributed by atoms with Crippen molar-refractivity contribution in [3.63, 3.8) is 0 Å². The highest BCUT2D eigenvalue weighted by Crippen LogP contribution is 2.26. The highest BCUT2D eigenvalue weighted by Gasteiger charge is 2.25. The van der Waals surface area contributed by atoms with Crippen LogP contribution in [0, 0.1) is 0 Å². The van der Waals surface area contributed by atoms with E-state index in [0.29, 0.717) is 18.7 Å². The van der Waals surface area contributed by atoms with Gasteiger partial charge in [0.2, 0.25) is 0 Å². The van der Waals surface area contributed by atoms with Gasteiger partial charge in [-0.15, -0.1) is 0 Å². The number of carbonyl (C=O) groups is 3. The maximum atomic E-state index is 12.5. The summed E-state index contributed by atoms with van der Waals surface area (Å²) in [4.78, 5) is 37.3. The first-order valence-electron chi connectivity index (χ1n) is 8.12. The molecule has 0 bridgehead atoms. The van der Waals surface area contributed by atoms with Crippen molar-refractivity contribution in [2.24, 2.45) is 5.73 Å². The Morgan fingerprint density at radius 2 is 2.12 bits per heavy atom. The van der Waals surface area contributed by atoms with E-state index in [1.165, 1.54) is 11.8 Å². The lowest BCUT2D eigenvalue weighted by atomic mass is 10.0. The number of nitrogens with one attached hydrogen (secondary N) is 1. The topological polar surface area (TPSA) is 102 Å². The highest BCUT2D eigenvalue weighted by molar-refractivity contribution is 7.98. The Morgan fingerprint density at radius 3 is 2.84 bits per heavy atom. The number of aryl methyl sites for hydroxylation is 1. The van der Waals surface area contributed by atoms with Crippen LogP contribution < -0.4 is 16.0 Å². The number of amides is 3. The number of rotatable bonds is 7. The molecule has 0 unspecified atom stereocenters. The average molecular weight is 365 g/mol. The molecule has 0 saturated heterocycles. The normalized spacial score (nSPS) is 14.4. The van der Waals surface area contributed by atoms with E-state index in [0.717, 1.165) is 24.1 Å². The van der Waals surface area contributed by atoms with E-state index in [1.54, 1.807) is 4.90 Å². The maximum Gasteiger partial charge on any atom is 0.329 e. The molecule has 0 aliphatic carbocycles. The second-order valence-electron chi connectivity index (χ2n) is 5.73. The average Bonchev–Trinajstić information content (AvgIpc) is 2.62. The zero-order chi connectivity index (χ0) is 18.2. The van der Waals surface area contributed by atoms with E-state index in [4.69, 9.17) is 10.5 Å². The Bertz CT molecular complexity index is 638. The number of urea groups is 1. The van der Waals surface area contributed by atoms with Crippen molar-refractivity contribution in [1.29, 1.82) is 0 Å². The second-order valence-corrected chi connectivity index (χ2v) is 6.71. The number of nitrogens with zero attached hydrogens (tertiary/aromatic N) is 1. The van der Waals surface area contributed by atoms with Gasteiger partial charge in [-0.3, -0.25) is 4.79 Å². The number of para-hydroxylation sites is 1. The lowest BCUT2D eigenvalue weighted by Crippen LogP contribution is -2.46. The molecular formula is C17H23N3O4S. The van der Waals surface area contributed by atoms with E-state index < -0.39 is 18.0 Å². The molecule has 2 rings (SSSR count). The van der Waals surface area contributed by atoms with E-state index in [1.807, 2.05) is 30.5 Å². The molecule has 0 aromatic heterocycles. The van der Waals surface area contributed by atoms with Crippen LogP contribution in [0.1, 0.15) is 18.4 Å². The molecule has 1 aromatic rings. The van der Waals surface area contributed by atoms with Crippen molar-refractivity contribution in [2.75, 3.05) is 30.1 Å². The monoisotopic (exact) mass is 365 g/mol. The van der Waals surface area contributed by atoms with Gasteiger partial charge in [0.15, 0.2) is 6.61 Å². The Morgan fingerprint density at radius 1 is 1.36 bits per heavy atom. The fraction of sp³-hybridized carbons (Fsp3) is 0.471. The number of hydrogen-bond donors (Lipinski definition) is 2. The predicted molar refractivity (Wildman–Crippen MR) is 97.6 cm³/mol. The summed E-state index contributed by atoms with van der Waals surface area (Å²) >= 11 is 1.54. The smallest absolute Gasteiger partial charge is 0.329 e. The molecule has 3 N–H and O–H groups in total. The zero-order valence-electron chi connectivity index (χ0n) is 14.2. The van der Waals surface area contributed by atoms with Crippen LogP contribution in [0.2, 0.25) is 0 Å². The van der Waals surface area contributed by atoms with Gasteiger partial charge in [-0.05, 0) is 42.9 Å². The van der Waals surface area contributed by atoms with Crippen LogP contribution in [-0.2, 0) is 20.7 Å². The van der Waals surface area contributed by atoms with Gasteiger partial charge < -0.3 is 20.7 Å². The third kappa shape index (κ3) is 5.38. The fourth-order valence-corrected chi connectivity index (χ4v) is 3.23. The molecule has 1 aliphatic heterocycles. The first-order chi connectivity index (χ1) is 12.0. The van der Waals surface area contributed by atoms with Gasteiger partial charge in [0, 0.05) is 12.2 Å². The minimum atomic E-state index is -0.841. The van der Waals surface area contributed by atoms with Crippen molar-refractivity contribution < 1.29 is 19.1 Å². The summed E-state index contributed by atoms with van der Waals surface area (Å²) in [6, 6.07) is 6.08. The van der Waals surface area contributed by atoms with Gasteiger partial charge in [0.1, 0.15) is 6.04 Å². The molecule has 0 spiro atoms. The minimum absolute atomic E-state index is 0.275. The largest absolute Gasteiger partial charge is 0.454 e. The number of benzene rings is 1. The quantitative estimate of drug-likeness (QED) is 0.709. The number of hydrogen-bond acceptors (Lipinski definition) is 5. The summed E-state index contributed by atoms with van der Waals surface area (Å²) in [6.45, 7) is 0.242. The zero-order valence-corrected chi connectivity index (χ0v) is 15.0. The molecule has 1 heterocycles. The van der Waals surface area contributed by atoms with Crippen LogP contribution in [0.5, 0.6) is 0 Å². The second kappa shape index (κ2) is 9.31. The summed E-state index contributed by atoms with van der Waals surface area (Å²) in [5.74, 6) is -0.261. The predicted octanol–water partition coefficient (Wildman–Crippen LogP) is 1.30. The van der Waals surface area contributed by atoms with Crippen molar-refractivity contribution in [3.05, 3.63) is 29.8 Å².